The van der Waals surface area contributed by atoms with Crippen LogP contribution in [-0.4, -0.2) is 25.7 Å². The minimum Gasteiger partial charge on any atom is -0.394 e. The highest BCUT2D eigenvalue weighted by Crippen LogP contribution is 2.34. The van der Waals surface area contributed by atoms with E-state index in [1.54, 1.807) is 0 Å². The molecule has 0 spiro atoms. The smallest absolute Gasteiger partial charge is 0.242 e. The third kappa shape index (κ3) is 3.74. The Bertz CT molecular complexity index is 623. The SMILES string of the molecule is CC1CCCC(CO)(NS(=O)(=O)c2cc(F)ccc2Cl)C1. The van der Waals surface area contributed by atoms with E-state index in [-0.39, 0.29) is 16.5 Å². The van der Waals surface area contributed by atoms with Crippen molar-refractivity contribution in [3.8, 4) is 0 Å². The van der Waals surface area contributed by atoms with Crippen LogP contribution in [0.5, 0.6) is 0 Å². The van der Waals surface area contributed by atoms with Crippen molar-refractivity contribution in [1.29, 1.82) is 0 Å². The molecule has 118 valence electrons. The fraction of sp³-hybridized carbons (Fsp3) is 0.571. The van der Waals surface area contributed by atoms with Crippen molar-refractivity contribution >= 4 is 21.6 Å². The minimum atomic E-state index is -3.99. The molecule has 0 heterocycles. The quantitative estimate of drug-likeness (QED) is 0.889. The molecule has 0 bridgehead atoms. The molecule has 0 amide bonds. The molecule has 2 rings (SSSR count). The Kier molecular flexibility index (Phi) is 4.92. The number of nitrogens with one attached hydrogen (secondary N) is 1. The number of hydrogen-bond donors (Lipinski definition) is 2. The summed E-state index contributed by atoms with van der Waals surface area (Å²) < 4.78 is 40.8. The standard InChI is InChI=1S/C14H19ClFNO3S/c1-10-3-2-6-14(8-10,9-18)17-21(19,20)13-7-11(16)4-5-12(13)15/h4-5,7,10,17-18H,2-3,6,8-9H2,1H3. The summed E-state index contributed by atoms with van der Waals surface area (Å²) in [4.78, 5) is -0.296. The summed E-state index contributed by atoms with van der Waals surface area (Å²) in [6.45, 7) is 1.73. The number of halogens is 2. The molecule has 2 N–H and O–H groups in total. The molecular formula is C14H19ClFNO3S. The van der Waals surface area contributed by atoms with Crippen molar-refractivity contribution in [2.24, 2.45) is 5.92 Å². The van der Waals surface area contributed by atoms with Gasteiger partial charge in [-0.15, -0.1) is 0 Å². The Morgan fingerprint density at radius 3 is 2.86 bits per heavy atom. The van der Waals surface area contributed by atoms with Crippen LogP contribution in [0, 0.1) is 11.7 Å². The van der Waals surface area contributed by atoms with Gasteiger partial charge in [0.25, 0.3) is 0 Å². The first-order valence-corrected chi connectivity index (χ1v) is 8.74. The maximum Gasteiger partial charge on any atom is 0.242 e. The lowest BCUT2D eigenvalue weighted by atomic mass is 9.78. The van der Waals surface area contributed by atoms with Crippen LogP contribution in [-0.2, 0) is 10.0 Å². The second-order valence-electron chi connectivity index (χ2n) is 5.82. The monoisotopic (exact) mass is 335 g/mol. The zero-order valence-electron chi connectivity index (χ0n) is 11.8. The van der Waals surface area contributed by atoms with Crippen molar-refractivity contribution < 1.29 is 17.9 Å². The molecule has 1 aliphatic carbocycles. The van der Waals surface area contributed by atoms with Gasteiger partial charge in [-0.2, -0.15) is 0 Å². The maximum atomic E-state index is 13.3. The predicted octanol–water partition coefficient (Wildman–Crippen LogP) is 2.70. The van der Waals surface area contributed by atoms with E-state index in [0.29, 0.717) is 18.8 Å². The normalized spacial score (nSPS) is 26.8. The first-order valence-electron chi connectivity index (χ1n) is 6.88. The van der Waals surface area contributed by atoms with Crippen LogP contribution in [0.4, 0.5) is 4.39 Å². The maximum absolute atomic E-state index is 13.3. The van der Waals surface area contributed by atoms with Crippen LogP contribution in [0.1, 0.15) is 32.6 Å². The predicted molar refractivity (Wildman–Crippen MR) is 79.2 cm³/mol. The summed E-state index contributed by atoms with van der Waals surface area (Å²) in [5.41, 5.74) is -0.897. The lowest BCUT2D eigenvalue weighted by Gasteiger charge is -2.39. The molecule has 1 fully saturated rings. The van der Waals surface area contributed by atoms with Crippen LogP contribution in [0.2, 0.25) is 5.02 Å². The topological polar surface area (TPSA) is 66.4 Å². The van der Waals surface area contributed by atoms with Crippen LogP contribution in [0.25, 0.3) is 0 Å². The van der Waals surface area contributed by atoms with E-state index in [1.807, 2.05) is 6.92 Å². The van der Waals surface area contributed by atoms with Crippen LogP contribution < -0.4 is 4.72 Å². The Balaban J connectivity index is 2.33. The Hall–Kier alpha value is -0.690. The van der Waals surface area contributed by atoms with Gasteiger partial charge in [-0.25, -0.2) is 17.5 Å². The molecular weight excluding hydrogens is 317 g/mol. The summed E-state index contributed by atoms with van der Waals surface area (Å²) in [7, 11) is -3.99. The molecule has 1 aromatic carbocycles. The largest absolute Gasteiger partial charge is 0.394 e. The first-order chi connectivity index (χ1) is 9.78. The average molecular weight is 336 g/mol. The van der Waals surface area contributed by atoms with E-state index in [4.69, 9.17) is 11.6 Å². The molecule has 4 nitrogen and oxygen atoms in total. The van der Waals surface area contributed by atoms with Crippen molar-refractivity contribution in [2.45, 2.75) is 43.0 Å². The molecule has 2 unspecified atom stereocenters. The highest BCUT2D eigenvalue weighted by molar-refractivity contribution is 7.89. The molecule has 0 saturated heterocycles. The van der Waals surface area contributed by atoms with Gasteiger partial charge in [0.05, 0.1) is 17.2 Å². The van der Waals surface area contributed by atoms with E-state index in [9.17, 15) is 17.9 Å². The summed E-state index contributed by atoms with van der Waals surface area (Å²) in [6, 6.07) is 3.20. The Morgan fingerprint density at radius 1 is 1.52 bits per heavy atom. The van der Waals surface area contributed by atoms with E-state index < -0.39 is 21.4 Å². The fourth-order valence-electron chi connectivity index (χ4n) is 2.95. The average Bonchev–Trinajstić information content (AvgIpc) is 2.41. The zero-order valence-corrected chi connectivity index (χ0v) is 13.3. The molecule has 21 heavy (non-hydrogen) atoms. The van der Waals surface area contributed by atoms with Gasteiger partial charge in [0.1, 0.15) is 10.7 Å². The molecule has 0 aliphatic heterocycles. The van der Waals surface area contributed by atoms with E-state index in [1.165, 1.54) is 6.07 Å². The zero-order chi connectivity index (χ0) is 15.7. The number of aliphatic hydroxyl groups is 1. The van der Waals surface area contributed by atoms with E-state index >= 15 is 0 Å². The second-order valence-corrected chi connectivity index (χ2v) is 7.88. The number of sulfonamides is 1. The molecule has 7 heteroatoms. The molecule has 1 aromatic rings. The second kappa shape index (κ2) is 6.20. The molecule has 2 atom stereocenters. The number of rotatable bonds is 4. The third-order valence-corrected chi connectivity index (χ3v) is 5.99. The molecule has 1 saturated carbocycles. The lowest BCUT2D eigenvalue weighted by Crippen LogP contribution is -2.53. The Labute approximate surface area is 129 Å². The van der Waals surface area contributed by atoms with Crippen LogP contribution >= 0.6 is 11.6 Å². The van der Waals surface area contributed by atoms with Gasteiger partial charge >= 0.3 is 0 Å². The van der Waals surface area contributed by atoms with Gasteiger partial charge in [0, 0.05) is 0 Å². The third-order valence-electron chi connectivity index (χ3n) is 3.93. The summed E-state index contributed by atoms with van der Waals surface area (Å²) >= 11 is 5.87. The lowest BCUT2D eigenvalue weighted by molar-refractivity contribution is 0.119. The molecule has 0 radical (unpaired) electrons. The highest BCUT2D eigenvalue weighted by Gasteiger charge is 2.38. The number of hydrogen-bond acceptors (Lipinski definition) is 3. The minimum absolute atomic E-state index is 0.0409. The van der Waals surface area contributed by atoms with Crippen molar-refractivity contribution in [1.82, 2.24) is 4.72 Å². The number of benzene rings is 1. The highest BCUT2D eigenvalue weighted by atomic mass is 35.5. The van der Waals surface area contributed by atoms with Gasteiger partial charge in [-0.05, 0) is 37.0 Å². The van der Waals surface area contributed by atoms with Gasteiger partial charge < -0.3 is 5.11 Å². The van der Waals surface area contributed by atoms with E-state index in [2.05, 4.69) is 4.72 Å². The van der Waals surface area contributed by atoms with Gasteiger partial charge in [0.2, 0.25) is 10.0 Å². The van der Waals surface area contributed by atoms with Crippen molar-refractivity contribution in [3.05, 3.63) is 29.0 Å². The van der Waals surface area contributed by atoms with Crippen LogP contribution in [0.15, 0.2) is 23.1 Å². The van der Waals surface area contributed by atoms with Gasteiger partial charge in [0.15, 0.2) is 0 Å². The first kappa shape index (κ1) is 16.7. The van der Waals surface area contributed by atoms with Crippen molar-refractivity contribution in [3.63, 3.8) is 0 Å². The summed E-state index contributed by atoms with van der Waals surface area (Å²) in [5, 5.41) is 9.62. The van der Waals surface area contributed by atoms with Crippen LogP contribution in [0.3, 0.4) is 0 Å². The van der Waals surface area contributed by atoms with Gasteiger partial charge in [-0.3, -0.25) is 0 Å². The van der Waals surface area contributed by atoms with Crippen molar-refractivity contribution in [2.75, 3.05) is 6.61 Å². The Morgan fingerprint density at radius 2 is 2.24 bits per heavy atom. The van der Waals surface area contributed by atoms with Gasteiger partial charge in [-0.1, -0.05) is 31.4 Å². The summed E-state index contributed by atoms with van der Waals surface area (Å²) in [6.07, 6.45) is 2.95. The van der Waals surface area contributed by atoms with E-state index in [0.717, 1.165) is 25.0 Å². The number of aliphatic hydroxyl groups excluding tert-OH is 1. The fourth-order valence-corrected chi connectivity index (χ4v) is 4.90. The molecule has 1 aliphatic rings. The summed E-state index contributed by atoms with van der Waals surface area (Å²) in [5.74, 6) is -0.355. The molecule has 0 aromatic heterocycles.